The number of aliphatic hydroxyl groups excluding tert-OH is 1. The van der Waals surface area contributed by atoms with Gasteiger partial charge in [0.1, 0.15) is 10.8 Å². The molecule has 5 nitrogen and oxygen atoms in total. The Morgan fingerprint density at radius 1 is 1.30 bits per heavy atom. The molecule has 0 spiro atoms. The van der Waals surface area contributed by atoms with Gasteiger partial charge in [0.25, 0.3) is 0 Å². The number of fused-ring (bicyclic) bond motifs is 3. The summed E-state index contributed by atoms with van der Waals surface area (Å²) in [5, 5.41) is 17.0. The van der Waals surface area contributed by atoms with Crippen LogP contribution in [0.5, 0.6) is 0 Å². The molecule has 1 unspecified atom stereocenters. The summed E-state index contributed by atoms with van der Waals surface area (Å²) >= 11 is 1.77. The molecule has 0 fully saturated rings. The molecule has 0 saturated heterocycles. The SMILES string of the molecule is CC1=CNC2C(=NCCO)Nc3cc(-c4ccccc4)sc3N12. The molecular formula is C17H18N4OS. The van der Waals surface area contributed by atoms with Crippen LogP contribution in [0, 0.1) is 0 Å². The Morgan fingerprint density at radius 2 is 2.13 bits per heavy atom. The van der Waals surface area contributed by atoms with Gasteiger partial charge in [0, 0.05) is 16.8 Å². The van der Waals surface area contributed by atoms with Gasteiger partial charge in [0.05, 0.1) is 18.8 Å². The lowest BCUT2D eigenvalue weighted by molar-refractivity contribution is 0.306. The second-order valence-corrected chi connectivity index (χ2v) is 6.57. The largest absolute Gasteiger partial charge is 0.394 e. The van der Waals surface area contributed by atoms with Crippen molar-refractivity contribution in [2.75, 3.05) is 23.4 Å². The molecule has 118 valence electrons. The minimum absolute atomic E-state index is 0.0173. The zero-order valence-corrected chi connectivity index (χ0v) is 13.6. The fourth-order valence-electron chi connectivity index (χ4n) is 2.92. The average molecular weight is 326 g/mol. The Bertz CT molecular complexity index is 781. The van der Waals surface area contributed by atoms with Crippen LogP contribution in [0.3, 0.4) is 0 Å². The molecule has 0 aliphatic carbocycles. The summed E-state index contributed by atoms with van der Waals surface area (Å²) in [5.41, 5.74) is 3.45. The number of rotatable bonds is 3. The fraction of sp³-hybridized carbons (Fsp3) is 0.235. The van der Waals surface area contributed by atoms with Crippen LogP contribution in [0.15, 0.2) is 53.3 Å². The maximum absolute atomic E-state index is 9.06. The van der Waals surface area contributed by atoms with E-state index in [2.05, 4.69) is 57.8 Å². The van der Waals surface area contributed by atoms with Gasteiger partial charge in [0.2, 0.25) is 0 Å². The van der Waals surface area contributed by atoms with E-state index in [1.54, 1.807) is 11.3 Å². The van der Waals surface area contributed by atoms with Crippen LogP contribution in [-0.2, 0) is 0 Å². The number of hydrogen-bond donors (Lipinski definition) is 3. The van der Waals surface area contributed by atoms with E-state index in [1.165, 1.54) is 15.4 Å². The Kier molecular flexibility index (Phi) is 3.55. The molecule has 3 heterocycles. The van der Waals surface area contributed by atoms with Gasteiger partial charge in [-0.3, -0.25) is 4.99 Å². The molecule has 0 amide bonds. The predicted molar refractivity (Wildman–Crippen MR) is 95.9 cm³/mol. The minimum Gasteiger partial charge on any atom is -0.394 e. The number of hydrogen-bond acceptors (Lipinski definition) is 5. The lowest BCUT2D eigenvalue weighted by Crippen LogP contribution is -2.49. The van der Waals surface area contributed by atoms with E-state index in [0.29, 0.717) is 6.54 Å². The summed E-state index contributed by atoms with van der Waals surface area (Å²) in [7, 11) is 0. The first-order chi connectivity index (χ1) is 11.3. The van der Waals surface area contributed by atoms with Crippen LogP contribution in [0.4, 0.5) is 10.7 Å². The van der Waals surface area contributed by atoms with E-state index < -0.39 is 0 Å². The fourth-order valence-corrected chi connectivity index (χ4v) is 4.13. The van der Waals surface area contributed by atoms with E-state index in [4.69, 9.17) is 5.11 Å². The Balaban J connectivity index is 1.77. The highest BCUT2D eigenvalue weighted by atomic mass is 32.1. The molecule has 6 heteroatoms. The third kappa shape index (κ3) is 2.40. The number of aliphatic imine (C=N–C) groups is 1. The summed E-state index contributed by atoms with van der Waals surface area (Å²) in [4.78, 5) is 7.97. The molecule has 1 aromatic carbocycles. The molecule has 4 rings (SSSR count). The van der Waals surface area contributed by atoms with Crippen LogP contribution in [0.25, 0.3) is 10.4 Å². The van der Waals surface area contributed by atoms with Crippen LogP contribution in [-0.4, -0.2) is 30.3 Å². The van der Waals surface area contributed by atoms with Crippen molar-refractivity contribution in [3.63, 3.8) is 0 Å². The first-order valence-electron chi connectivity index (χ1n) is 7.61. The molecule has 2 aliphatic heterocycles. The first-order valence-corrected chi connectivity index (χ1v) is 8.43. The third-order valence-corrected chi connectivity index (χ3v) is 5.17. The summed E-state index contributed by atoms with van der Waals surface area (Å²) in [6.07, 6.45) is 1.99. The van der Waals surface area contributed by atoms with Crippen molar-refractivity contribution in [3.05, 3.63) is 48.3 Å². The van der Waals surface area contributed by atoms with Crippen molar-refractivity contribution in [2.45, 2.75) is 13.1 Å². The number of aliphatic hydroxyl groups is 1. The third-order valence-electron chi connectivity index (χ3n) is 3.98. The molecule has 0 saturated carbocycles. The van der Waals surface area contributed by atoms with Gasteiger partial charge in [0.15, 0.2) is 6.17 Å². The molecule has 23 heavy (non-hydrogen) atoms. The summed E-state index contributed by atoms with van der Waals surface area (Å²) in [6.45, 7) is 2.54. The quantitative estimate of drug-likeness (QED) is 0.812. The number of allylic oxidation sites excluding steroid dienone is 1. The number of thiophene rings is 1. The molecule has 1 aromatic heterocycles. The molecular weight excluding hydrogens is 308 g/mol. The van der Waals surface area contributed by atoms with Gasteiger partial charge in [-0.1, -0.05) is 30.3 Å². The van der Waals surface area contributed by atoms with E-state index in [9.17, 15) is 0 Å². The van der Waals surface area contributed by atoms with E-state index in [1.807, 2.05) is 12.3 Å². The standard InChI is InChI=1S/C17H18N4OS/c1-11-10-19-16-15(18-7-8-22)20-13-9-14(23-17(13)21(11)16)12-5-3-2-4-6-12/h2-6,9-10,16,19,22H,7-8H2,1H3,(H,18,20). The summed E-state index contributed by atoms with van der Waals surface area (Å²) < 4.78 is 0. The normalized spacial score (nSPS) is 20.6. The van der Waals surface area contributed by atoms with Gasteiger partial charge < -0.3 is 20.6 Å². The molecule has 0 bridgehead atoms. The van der Waals surface area contributed by atoms with Crippen molar-refractivity contribution in [2.24, 2.45) is 4.99 Å². The molecule has 3 N–H and O–H groups in total. The first kappa shape index (κ1) is 14.3. The van der Waals surface area contributed by atoms with Gasteiger partial charge in [-0.25, -0.2) is 0 Å². The number of nitrogens with one attached hydrogen (secondary N) is 2. The van der Waals surface area contributed by atoms with Crippen LogP contribution in [0.1, 0.15) is 6.92 Å². The number of anilines is 2. The highest BCUT2D eigenvalue weighted by Gasteiger charge is 2.36. The lowest BCUT2D eigenvalue weighted by Gasteiger charge is -2.33. The second kappa shape index (κ2) is 5.72. The van der Waals surface area contributed by atoms with E-state index in [0.717, 1.165) is 17.2 Å². The van der Waals surface area contributed by atoms with Gasteiger partial charge in [-0.15, -0.1) is 11.3 Å². The highest BCUT2D eigenvalue weighted by molar-refractivity contribution is 7.20. The smallest absolute Gasteiger partial charge is 0.163 e. The van der Waals surface area contributed by atoms with Crippen molar-refractivity contribution in [3.8, 4) is 10.4 Å². The van der Waals surface area contributed by atoms with Crippen molar-refractivity contribution in [1.29, 1.82) is 0 Å². The van der Waals surface area contributed by atoms with Crippen molar-refractivity contribution >= 4 is 27.9 Å². The highest BCUT2D eigenvalue weighted by Crippen LogP contribution is 2.46. The zero-order chi connectivity index (χ0) is 15.8. The Hall–Kier alpha value is -2.31. The Morgan fingerprint density at radius 3 is 2.91 bits per heavy atom. The van der Waals surface area contributed by atoms with Crippen molar-refractivity contribution in [1.82, 2.24) is 5.32 Å². The van der Waals surface area contributed by atoms with Crippen LogP contribution in [0.2, 0.25) is 0 Å². The molecule has 0 radical (unpaired) electrons. The predicted octanol–water partition coefficient (Wildman–Crippen LogP) is 2.83. The van der Waals surface area contributed by atoms with Gasteiger partial charge in [-0.05, 0) is 18.6 Å². The number of nitrogens with zero attached hydrogens (tertiary/aromatic N) is 2. The van der Waals surface area contributed by atoms with Crippen molar-refractivity contribution < 1.29 is 5.11 Å². The van der Waals surface area contributed by atoms with Crippen LogP contribution >= 0.6 is 11.3 Å². The number of benzene rings is 1. The minimum atomic E-state index is -0.0173. The molecule has 2 aliphatic rings. The maximum Gasteiger partial charge on any atom is 0.163 e. The summed E-state index contributed by atoms with van der Waals surface area (Å²) in [6, 6.07) is 12.6. The lowest BCUT2D eigenvalue weighted by atomic mass is 10.2. The molecule has 1 atom stereocenters. The average Bonchev–Trinajstić information content (AvgIpc) is 3.17. The molecule has 2 aromatic rings. The van der Waals surface area contributed by atoms with Gasteiger partial charge >= 0.3 is 0 Å². The topological polar surface area (TPSA) is 59.9 Å². The second-order valence-electron chi connectivity index (χ2n) is 5.54. The van der Waals surface area contributed by atoms with E-state index in [-0.39, 0.29) is 12.8 Å². The Labute approximate surface area is 139 Å². The maximum atomic E-state index is 9.06. The summed E-state index contributed by atoms with van der Waals surface area (Å²) in [5.74, 6) is 0.845. The van der Waals surface area contributed by atoms with Crippen LogP contribution < -0.4 is 15.5 Å². The van der Waals surface area contributed by atoms with Gasteiger partial charge in [-0.2, -0.15) is 0 Å². The monoisotopic (exact) mass is 326 g/mol. The number of amidine groups is 1. The zero-order valence-electron chi connectivity index (χ0n) is 12.8. The van der Waals surface area contributed by atoms with E-state index >= 15 is 0 Å².